The van der Waals surface area contributed by atoms with Crippen molar-refractivity contribution in [1.82, 2.24) is 0 Å². The molecule has 0 aliphatic heterocycles. The van der Waals surface area contributed by atoms with E-state index in [9.17, 15) is 9.59 Å². The van der Waals surface area contributed by atoms with Gasteiger partial charge in [-0.05, 0) is 51.5 Å². The van der Waals surface area contributed by atoms with Crippen molar-refractivity contribution in [2.75, 3.05) is 14.2 Å². The summed E-state index contributed by atoms with van der Waals surface area (Å²) in [4.78, 5) is 23.7. The highest BCUT2D eigenvalue weighted by Gasteiger charge is 2.18. The molecule has 1 aromatic carbocycles. The van der Waals surface area contributed by atoms with Crippen LogP contribution in [0.1, 0.15) is 43.6 Å². The molecule has 5 heteroatoms. The Morgan fingerprint density at radius 3 is 2.27 bits per heavy atom. The van der Waals surface area contributed by atoms with Gasteiger partial charge in [-0.15, -0.1) is 0 Å². The summed E-state index contributed by atoms with van der Waals surface area (Å²) in [6, 6.07) is 5.01. The van der Waals surface area contributed by atoms with Gasteiger partial charge in [0.2, 0.25) is 0 Å². The lowest BCUT2D eigenvalue weighted by Gasteiger charge is -2.19. The normalized spacial score (nSPS) is 11.8. The molecule has 0 bridgehead atoms. The van der Waals surface area contributed by atoms with Crippen LogP contribution in [0.25, 0.3) is 6.08 Å². The Bertz CT molecular complexity index is 594. The van der Waals surface area contributed by atoms with Gasteiger partial charge in [-0.3, -0.25) is 0 Å². The second-order valence-electron chi connectivity index (χ2n) is 5.78. The largest absolute Gasteiger partial charge is 0.496 e. The molecule has 0 N–H and O–H groups in total. The number of methoxy groups -OCH3 is 2. The van der Waals surface area contributed by atoms with Crippen LogP contribution in [-0.4, -0.2) is 31.8 Å². The highest BCUT2D eigenvalue weighted by atomic mass is 16.6. The zero-order chi connectivity index (χ0) is 16.9. The Kier molecular flexibility index (Phi) is 5.74. The molecule has 0 amide bonds. The molecule has 0 atom stereocenters. The molecule has 0 aliphatic rings. The molecule has 1 aromatic rings. The second-order valence-corrected chi connectivity index (χ2v) is 5.78. The first kappa shape index (κ1) is 17.8. The minimum absolute atomic E-state index is 0.302. The average Bonchev–Trinajstić information content (AvgIpc) is 2.44. The van der Waals surface area contributed by atoms with Crippen LogP contribution in [0.5, 0.6) is 5.75 Å². The van der Waals surface area contributed by atoms with Crippen molar-refractivity contribution >= 4 is 18.0 Å². The Labute approximate surface area is 130 Å². The van der Waals surface area contributed by atoms with Gasteiger partial charge in [0.25, 0.3) is 0 Å². The number of carbonyl (C=O) groups excluding carboxylic acids is 2. The van der Waals surface area contributed by atoms with Crippen molar-refractivity contribution in [3.63, 3.8) is 0 Å². The summed E-state index contributed by atoms with van der Waals surface area (Å²) in [7, 11) is 2.78. The summed E-state index contributed by atoms with van der Waals surface area (Å²) in [5.41, 5.74) is 0.875. The van der Waals surface area contributed by atoms with Crippen LogP contribution >= 0.6 is 0 Å². The molecule has 0 fully saturated rings. The molecule has 0 saturated heterocycles. The molecule has 0 saturated carbocycles. The number of hydrogen-bond donors (Lipinski definition) is 0. The predicted octanol–water partition coefficient (Wildman–Crippen LogP) is 3.23. The predicted molar refractivity (Wildman–Crippen MR) is 83.8 cm³/mol. The molecule has 0 aliphatic carbocycles. The van der Waals surface area contributed by atoms with Gasteiger partial charge in [0.1, 0.15) is 16.9 Å². The Morgan fingerprint density at radius 2 is 1.77 bits per heavy atom. The van der Waals surface area contributed by atoms with Crippen LogP contribution < -0.4 is 4.74 Å². The third-order valence-corrected chi connectivity index (χ3v) is 2.73. The summed E-state index contributed by atoms with van der Waals surface area (Å²) >= 11 is 0. The smallest absolute Gasteiger partial charge is 0.341 e. The lowest BCUT2D eigenvalue weighted by Crippen LogP contribution is -2.24. The number of benzene rings is 1. The number of rotatable bonds is 4. The van der Waals surface area contributed by atoms with E-state index < -0.39 is 17.5 Å². The quantitative estimate of drug-likeness (QED) is 0.631. The topological polar surface area (TPSA) is 61.8 Å². The van der Waals surface area contributed by atoms with Gasteiger partial charge >= 0.3 is 11.9 Å². The SMILES string of the molecule is COC(=O)c1cc(/C=C(/C)C(=O)OC(C)(C)C)ccc1OC. The Hall–Kier alpha value is -2.30. The van der Waals surface area contributed by atoms with Crippen molar-refractivity contribution in [2.24, 2.45) is 0 Å². The average molecular weight is 306 g/mol. The Morgan fingerprint density at radius 1 is 1.14 bits per heavy atom. The van der Waals surface area contributed by atoms with Crippen LogP contribution in [0.15, 0.2) is 23.8 Å². The maximum Gasteiger partial charge on any atom is 0.341 e. The van der Waals surface area contributed by atoms with E-state index in [-0.39, 0.29) is 0 Å². The standard InChI is InChI=1S/C17H22O5/c1-11(15(18)22-17(2,3)4)9-12-7-8-14(20-5)13(10-12)16(19)21-6/h7-10H,1-6H3/b11-9-. The van der Waals surface area contributed by atoms with E-state index >= 15 is 0 Å². The molecule has 0 radical (unpaired) electrons. The van der Waals surface area contributed by atoms with E-state index in [1.807, 2.05) is 0 Å². The fourth-order valence-electron chi connectivity index (χ4n) is 1.75. The maximum absolute atomic E-state index is 12.0. The first-order chi connectivity index (χ1) is 10.2. The Balaban J connectivity index is 3.09. The van der Waals surface area contributed by atoms with Crippen molar-refractivity contribution in [1.29, 1.82) is 0 Å². The summed E-state index contributed by atoms with van der Waals surface area (Å²) in [6.45, 7) is 7.08. The first-order valence-corrected chi connectivity index (χ1v) is 6.86. The molecule has 0 spiro atoms. The summed E-state index contributed by atoms with van der Waals surface area (Å²) in [5, 5.41) is 0. The van der Waals surface area contributed by atoms with Gasteiger partial charge in [-0.25, -0.2) is 9.59 Å². The zero-order valence-corrected chi connectivity index (χ0v) is 13.9. The molecule has 0 unspecified atom stereocenters. The number of carbonyl (C=O) groups is 2. The van der Waals surface area contributed by atoms with E-state index in [1.165, 1.54) is 14.2 Å². The molecular formula is C17H22O5. The molecule has 22 heavy (non-hydrogen) atoms. The van der Waals surface area contributed by atoms with Crippen molar-refractivity contribution in [2.45, 2.75) is 33.3 Å². The van der Waals surface area contributed by atoms with E-state index in [0.29, 0.717) is 22.4 Å². The van der Waals surface area contributed by atoms with E-state index in [0.717, 1.165) is 0 Å². The third-order valence-electron chi connectivity index (χ3n) is 2.73. The van der Waals surface area contributed by atoms with Gasteiger partial charge in [-0.2, -0.15) is 0 Å². The summed E-state index contributed by atoms with van der Waals surface area (Å²) < 4.78 is 15.1. The van der Waals surface area contributed by atoms with Crippen LogP contribution in [0.3, 0.4) is 0 Å². The fourth-order valence-corrected chi connectivity index (χ4v) is 1.75. The van der Waals surface area contributed by atoms with Gasteiger partial charge in [0, 0.05) is 5.57 Å². The van der Waals surface area contributed by atoms with Crippen molar-refractivity contribution < 1.29 is 23.8 Å². The molecule has 120 valence electrons. The van der Waals surface area contributed by atoms with Crippen LogP contribution in [0.2, 0.25) is 0 Å². The maximum atomic E-state index is 12.0. The number of ether oxygens (including phenoxy) is 3. The van der Waals surface area contributed by atoms with Crippen LogP contribution in [-0.2, 0) is 14.3 Å². The molecular weight excluding hydrogens is 284 g/mol. The van der Waals surface area contributed by atoms with Gasteiger partial charge in [0.15, 0.2) is 0 Å². The highest BCUT2D eigenvalue weighted by molar-refractivity contribution is 5.95. The lowest BCUT2D eigenvalue weighted by molar-refractivity contribution is -0.149. The zero-order valence-electron chi connectivity index (χ0n) is 13.9. The second kappa shape index (κ2) is 7.11. The van der Waals surface area contributed by atoms with E-state index in [4.69, 9.17) is 14.2 Å². The number of hydrogen-bond acceptors (Lipinski definition) is 5. The molecule has 1 rings (SSSR count). The summed E-state index contributed by atoms with van der Waals surface area (Å²) in [6.07, 6.45) is 1.65. The minimum atomic E-state index is -0.552. The van der Waals surface area contributed by atoms with Gasteiger partial charge in [-0.1, -0.05) is 6.07 Å². The van der Waals surface area contributed by atoms with Crippen molar-refractivity contribution in [3.05, 3.63) is 34.9 Å². The highest BCUT2D eigenvalue weighted by Crippen LogP contribution is 2.22. The first-order valence-electron chi connectivity index (χ1n) is 6.86. The van der Waals surface area contributed by atoms with Crippen LogP contribution in [0, 0.1) is 0 Å². The van der Waals surface area contributed by atoms with Crippen LogP contribution in [0.4, 0.5) is 0 Å². The molecule has 5 nitrogen and oxygen atoms in total. The number of esters is 2. The minimum Gasteiger partial charge on any atom is -0.496 e. The van der Waals surface area contributed by atoms with Gasteiger partial charge in [0.05, 0.1) is 14.2 Å². The monoisotopic (exact) mass is 306 g/mol. The molecule has 0 aromatic heterocycles. The summed E-state index contributed by atoms with van der Waals surface area (Å²) in [5.74, 6) is -0.483. The lowest BCUT2D eigenvalue weighted by atomic mass is 10.1. The molecule has 0 heterocycles. The van der Waals surface area contributed by atoms with E-state index in [1.54, 1.807) is 52.0 Å². The van der Waals surface area contributed by atoms with E-state index in [2.05, 4.69) is 0 Å². The fraction of sp³-hybridized carbons (Fsp3) is 0.412. The van der Waals surface area contributed by atoms with Gasteiger partial charge < -0.3 is 14.2 Å². The third kappa shape index (κ3) is 4.91. The van der Waals surface area contributed by atoms with Crippen molar-refractivity contribution in [3.8, 4) is 5.75 Å².